The van der Waals surface area contributed by atoms with Gasteiger partial charge in [-0.2, -0.15) is 0 Å². The van der Waals surface area contributed by atoms with Gasteiger partial charge in [0.05, 0.1) is 12.1 Å². The van der Waals surface area contributed by atoms with E-state index in [4.69, 9.17) is 4.42 Å². The van der Waals surface area contributed by atoms with E-state index in [2.05, 4.69) is 11.9 Å². The summed E-state index contributed by atoms with van der Waals surface area (Å²) in [6.45, 7) is 8.07. The molecule has 0 fully saturated rings. The molecule has 0 saturated heterocycles. The van der Waals surface area contributed by atoms with Crippen LogP contribution in [0.2, 0.25) is 0 Å². The van der Waals surface area contributed by atoms with Gasteiger partial charge in [-0.25, -0.2) is 4.79 Å². The van der Waals surface area contributed by atoms with E-state index in [1.54, 1.807) is 10.6 Å². The van der Waals surface area contributed by atoms with Crippen LogP contribution in [0.15, 0.2) is 45.6 Å². The minimum Gasteiger partial charge on any atom is -0.408 e. The van der Waals surface area contributed by atoms with Crippen LogP contribution in [-0.2, 0) is 6.54 Å². The summed E-state index contributed by atoms with van der Waals surface area (Å²) in [4.78, 5) is 11.7. The standard InChI is InChI=1S/C13H16N2O2/c1-3-14-8-10(2)9-15-11-6-4-5-7-12(11)17-13(15)16/h4-7,14H,2-3,8-9H2,1H3. The molecule has 0 aliphatic heterocycles. The maximum Gasteiger partial charge on any atom is 0.420 e. The Morgan fingerprint density at radius 3 is 3.00 bits per heavy atom. The summed E-state index contributed by atoms with van der Waals surface area (Å²) in [6.07, 6.45) is 0. The van der Waals surface area contributed by atoms with E-state index in [0.29, 0.717) is 18.7 Å². The molecular formula is C13H16N2O2. The summed E-state index contributed by atoms with van der Waals surface area (Å²) in [7, 11) is 0. The highest BCUT2D eigenvalue weighted by atomic mass is 16.4. The van der Waals surface area contributed by atoms with Crippen molar-refractivity contribution in [3.8, 4) is 0 Å². The summed E-state index contributed by atoms with van der Waals surface area (Å²) in [5.41, 5.74) is 2.39. The Hall–Kier alpha value is -1.81. The highest BCUT2D eigenvalue weighted by Gasteiger charge is 2.08. The molecular weight excluding hydrogens is 216 g/mol. The van der Waals surface area contributed by atoms with E-state index in [-0.39, 0.29) is 5.76 Å². The van der Waals surface area contributed by atoms with E-state index < -0.39 is 0 Å². The number of hydrogen-bond donors (Lipinski definition) is 1. The predicted molar refractivity (Wildman–Crippen MR) is 68.2 cm³/mol. The van der Waals surface area contributed by atoms with Crippen LogP contribution >= 0.6 is 0 Å². The summed E-state index contributed by atoms with van der Waals surface area (Å²) >= 11 is 0. The first kappa shape index (κ1) is 11.7. The maximum absolute atomic E-state index is 11.7. The van der Waals surface area contributed by atoms with Crippen molar-refractivity contribution in [1.82, 2.24) is 9.88 Å². The van der Waals surface area contributed by atoms with Gasteiger partial charge in [0.1, 0.15) is 0 Å². The molecule has 4 heteroatoms. The largest absolute Gasteiger partial charge is 0.420 e. The van der Waals surface area contributed by atoms with Crippen LogP contribution in [0.3, 0.4) is 0 Å². The van der Waals surface area contributed by atoms with E-state index in [0.717, 1.165) is 17.6 Å². The lowest BCUT2D eigenvalue weighted by Gasteiger charge is -2.06. The molecule has 0 aliphatic rings. The smallest absolute Gasteiger partial charge is 0.408 e. The van der Waals surface area contributed by atoms with Gasteiger partial charge in [-0.3, -0.25) is 4.57 Å². The first-order valence-electron chi connectivity index (χ1n) is 5.68. The number of benzene rings is 1. The van der Waals surface area contributed by atoms with Crippen molar-refractivity contribution in [2.45, 2.75) is 13.5 Å². The fourth-order valence-corrected chi connectivity index (χ4v) is 1.74. The minimum atomic E-state index is -0.330. The van der Waals surface area contributed by atoms with Gasteiger partial charge in [-0.05, 0) is 24.3 Å². The number of likely N-dealkylation sites (N-methyl/N-ethyl adjacent to an activating group) is 1. The SMILES string of the molecule is C=C(CNCC)Cn1c(=O)oc2ccccc21. The van der Waals surface area contributed by atoms with Gasteiger partial charge in [-0.1, -0.05) is 25.6 Å². The lowest BCUT2D eigenvalue weighted by Crippen LogP contribution is -2.21. The summed E-state index contributed by atoms with van der Waals surface area (Å²) in [6, 6.07) is 7.41. The molecule has 0 atom stereocenters. The summed E-state index contributed by atoms with van der Waals surface area (Å²) in [5, 5.41) is 3.18. The Labute approximate surface area is 99.5 Å². The minimum absolute atomic E-state index is 0.330. The molecule has 1 aromatic heterocycles. The zero-order chi connectivity index (χ0) is 12.3. The molecule has 0 saturated carbocycles. The lowest BCUT2D eigenvalue weighted by atomic mass is 10.2. The van der Waals surface area contributed by atoms with Crippen molar-refractivity contribution in [3.63, 3.8) is 0 Å². The van der Waals surface area contributed by atoms with Crippen molar-refractivity contribution >= 4 is 11.1 Å². The van der Waals surface area contributed by atoms with Gasteiger partial charge in [0.2, 0.25) is 0 Å². The first-order valence-corrected chi connectivity index (χ1v) is 5.68. The molecule has 90 valence electrons. The van der Waals surface area contributed by atoms with Crippen LogP contribution in [0.5, 0.6) is 0 Å². The quantitative estimate of drug-likeness (QED) is 0.799. The van der Waals surface area contributed by atoms with Crippen molar-refractivity contribution < 1.29 is 4.42 Å². The number of nitrogens with one attached hydrogen (secondary N) is 1. The van der Waals surface area contributed by atoms with E-state index in [1.165, 1.54) is 0 Å². The molecule has 0 unspecified atom stereocenters. The second kappa shape index (κ2) is 5.01. The Kier molecular flexibility index (Phi) is 3.44. The number of para-hydroxylation sites is 2. The normalized spacial score (nSPS) is 10.9. The Balaban J connectivity index is 2.26. The molecule has 2 rings (SSSR count). The third-order valence-electron chi connectivity index (χ3n) is 2.58. The van der Waals surface area contributed by atoms with Gasteiger partial charge in [0.15, 0.2) is 5.58 Å². The molecule has 0 amide bonds. The fourth-order valence-electron chi connectivity index (χ4n) is 1.74. The third kappa shape index (κ3) is 2.47. The number of hydrogen-bond acceptors (Lipinski definition) is 3. The van der Waals surface area contributed by atoms with E-state index in [1.807, 2.05) is 25.1 Å². The Morgan fingerprint density at radius 1 is 1.47 bits per heavy atom. The highest BCUT2D eigenvalue weighted by Crippen LogP contribution is 2.12. The lowest BCUT2D eigenvalue weighted by molar-refractivity contribution is 0.514. The predicted octanol–water partition coefficient (Wildman–Crippen LogP) is 1.76. The van der Waals surface area contributed by atoms with Gasteiger partial charge in [-0.15, -0.1) is 0 Å². The molecule has 0 radical (unpaired) electrons. The van der Waals surface area contributed by atoms with Gasteiger partial charge in [0.25, 0.3) is 0 Å². The second-order valence-corrected chi connectivity index (χ2v) is 3.95. The van der Waals surface area contributed by atoms with Crippen molar-refractivity contribution in [1.29, 1.82) is 0 Å². The monoisotopic (exact) mass is 232 g/mol. The van der Waals surface area contributed by atoms with Crippen molar-refractivity contribution in [2.24, 2.45) is 0 Å². The topological polar surface area (TPSA) is 47.2 Å². The van der Waals surface area contributed by atoms with Crippen LogP contribution in [-0.4, -0.2) is 17.7 Å². The number of oxazole rings is 1. The number of rotatable bonds is 5. The van der Waals surface area contributed by atoms with Crippen LogP contribution in [0.25, 0.3) is 11.1 Å². The Bertz CT molecular complexity index is 580. The van der Waals surface area contributed by atoms with Crippen LogP contribution in [0.1, 0.15) is 6.92 Å². The van der Waals surface area contributed by atoms with Crippen LogP contribution in [0, 0.1) is 0 Å². The molecule has 17 heavy (non-hydrogen) atoms. The highest BCUT2D eigenvalue weighted by molar-refractivity contribution is 5.72. The average molecular weight is 232 g/mol. The summed E-state index contributed by atoms with van der Waals surface area (Å²) < 4.78 is 6.76. The molecule has 1 aromatic carbocycles. The molecule has 0 aliphatic carbocycles. The number of fused-ring (bicyclic) bond motifs is 1. The average Bonchev–Trinajstić information content (AvgIpc) is 2.64. The molecule has 4 nitrogen and oxygen atoms in total. The van der Waals surface area contributed by atoms with Crippen molar-refractivity contribution in [3.05, 3.63) is 47.0 Å². The molecule has 1 N–H and O–H groups in total. The maximum atomic E-state index is 11.7. The molecule has 0 spiro atoms. The number of nitrogens with zero attached hydrogens (tertiary/aromatic N) is 1. The van der Waals surface area contributed by atoms with Gasteiger partial charge < -0.3 is 9.73 Å². The van der Waals surface area contributed by atoms with Crippen LogP contribution in [0.4, 0.5) is 0 Å². The Morgan fingerprint density at radius 2 is 2.24 bits per heavy atom. The zero-order valence-corrected chi connectivity index (χ0v) is 9.90. The third-order valence-corrected chi connectivity index (χ3v) is 2.58. The molecule has 0 bridgehead atoms. The zero-order valence-electron chi connectivity index (χ0n) is 9.90. The number of aromatic nitrogens is 1. The van der Waals surface area contributed by atoms with Gasteiger partial charge in [0, 0.05) is 6.54 Å². The molecule has 2 aromatic rings. The van der Waals surface area contributed by atoms with Crippen LogP contribution < -0.4 is 11.1 Å². The fraction of sp³-hybridized carbons (Fsp3) is 0.308. The summed E-state index contributed by atoms with van der Waals surface area (Å²) in [5.74, 6) is -0.330. The molecule has 1 heterocycles. The first-order chi connectivity index (χ1) is 8.22. The van der Waals surface area contributed by atoms with E-state index >= 15 is 0 Å². The second-order valence-electron chi connectivity index (χ2n) is 3.95. The van der Waals surface area contributed by atoms with Gasteiger partial charge >= 0.3 is 5.76 Å². The van der Waals surface area contributed by atoms with E-state index in [9.17, 15) is 4.79 Å². The van der Waals surface area contributed by atoms with Crippen molar-refractivity contribution in [2.75, 3.05) is 13.1 Å².